The lowest BCUT2D eigenvalue weighted by atomic mass is 10.1. The molecule has 2 rings (SSSR count). The number of nitrogens with two attached hydrogens (primary N) is 1. The first-order valence-electron chi connectivity index (χ1n) is 5.76. The molecule has 0 amide bonds. The molecular formula is C11H19N3OS. The summed E-state index contributed by atoms with van der Waals surface area (Å²) >= 11 is 1.92. The second-order valence-electron chi connectivity index (χ2n) is 3.98. The minimum absolute atomic E-state index is 0.0560. The molecule has 5 heteroatoms. The van der Waals surface area contributed by atoms with Gasteiger partial charge in [0.2, 0.25) is 0 Å². The molecule has 0 bridgehead atoms. The van der Waals surface area contributed by atoms with E-state index in [-0.39, 0.29) is 12.1 Å². The second kappa shape index (κ2) is 5.70. The molecule has 1 aliphatic heterocycles. The zero-order chi connectivity index (χ0) is 11.4. The van der Waals surface area contributed by atoms with E-state index in [9.17, 15) is 0 Å². The van der Waals surface area contributed by atoms with Crippen molar-refractivity contribution in [2.24, 2.45) is 5.73 Å². The van der Waals surface area contributed by atoms with Crippen molar-refractivity contribution in [2.45, 2.75) is 32.0 Å². The van der Waals surface area contributed by atoms with Gasteiger partial charge >= 0.3 is 0 Å². The Morgan fingerprint density at radius 3 is 3.31 bits per heavy atom. The van der Waals surface area contributed by atoms with Gasteiger partial charge in [-0.2, -0.15) is 11.8 Å². The summed E-state index contributed by atoms with van der Waals surface area (Å²) in [4.78, 5) is 4.34. The topological polar surface area (TPSA) is 53.1 Å². The Labute approximate surface area is 101 Å². The molecule has 0 aromatic carbocycles. The molecule has 2 N–H and O–H groups in total. The number of hydrogen-bond donors (Lipinski definition) is 1. The number of rotatable bonds is 4. The van der Waals surface area contributed by atoms with Crippen molar-refractivity contribution >= 4 is 11.8 Å². The average Bonchev–Trinajstić information content (AvgIpc) is 2.77. The van der Waals surface area contributed by atoms with E-state index in [2.05, 4.69) is 16.5 Å². The predicted molar refractivity (Wildman–Crippen MR) is 66.6 cm³/mol. The number of nitrogens with zero attached hydrogens (tertiary/aromatic N) is 2. The molecule has 1 aromatic heterocycles. The number of imidazole rings is 1. The Balaban J connectivity index is 1.93. The quantitative estimate of drug-likeness (QED) is 0.851. The largest absolute Gasteiger partial charge is 0.375 e. The van der Waals surface area contributed by atoms with E-state index in [1.165, 1.54) is 0 Å². The maximum atomic E-state index is 6.17. The third-order valence-corrected chi connectivity index (χ3v) is 3.90. The normalized spacial score (nSPS) is 23.2. The van der Waals surface area contributed by atoms with Crippen LogP contribution in [0.5, 0.6) is 0 Å². The van der Waals surface area contributed by atoms with E-state index < -0.39 is 0 Å². The minimum atomic E-state index is 0.0560. The molecule has 1 aliphatic rings. The summed E-state index contributed by atoms with van der Waals surface area (Å²) in [5, 5.41) is 0. The van der Waals surface area contributed by atoms with Crippen LogP contribution in [0.4, 0.5) is 0 Å². The molecule has 0 radical (unpaired) electrons. The highest BCUT2D eigenvalue weighted by Crippen LogP contribution is 2.16. The number of hydrogen-bond acceptors (Lipinski definition) is 4. The van der Waals surface area contributed by atoms with Crippen LogP contribution >= 0.6 is 11.8 Å². The van der Waals surface area contributed by atoms with Crippen molar-refractivity contribution in [3.63, 3.8) is 0 Å². The monoisotopic (exact) mass is 241 g/mol. The van der Waals surface area contributed by atoms with Gasteiger partial charge in [-0.05, 0) is 6.92 Å². The fourth-order valence-electron chi connectivity index (χ4n) is 1.91. The molecule has 0 saturated carbocycles. The van der Waals surface area contributed by atoms with E-state index >= 15 is 0 Å². The third-order valence-electron chi connectivity index (χ3n) is 2.88. The van der Waals surface area contributed by atoms with Gasteiger partial charge in [-0.1, -0.05) is 0 Å². The van der Waals surface area contributed by atoms with E-state index in [0.29, 0.717) is 0 Å². The first kappa shape index (κ1) is 12.0. The van der Waals surface area contributed by atoms with Crippen LogP contribution in [0.1, 0.15) is 12.7 Å². The van der Waals surface area contributed by atoms with E-state index in [4.69, 9.17) is 10.5 Å². The fourth-order valence-corrected chi connectivity index (χ4v) is 2.87. The summed E-state index contributed by atoms with van der Waals surface area (Å²) in [7, 11) is 0. The van der Waals surface area contributed by atoms with Crippen LogP contribution in [-0.2, 0) is 17.7 Å². The van der Waals surface area contributed by atoms with Crippen molar-refractivity contribution in [1.29, 1.82) is 0 Å². The molecular weight excluding hydrogens is 222 g/mol. The SMILES string of the molecule is CCn1ccnc1CC(N)C1CSCCO1. The van der Waals surface area contributed by atoms with Gasteiger partial charge in [0.1, 0.15) is 5.82 Å². The third kappa shape index (κ3) is 2.78. The molecule has 2 unspecified atom stereocenters. The van der Waals surface area contributed by atoms with E-state index in [1.807, 2.05) is 24.2 Å². The standard InChI is InChI=1S/C11H19N3OS/c1-2-14-4-3-13-11(14)7-9(12)10-8-16-6-5-15-10/h3-4,9-10H,2,5-8,12H2,1H3. The molecule has 0 aliphatic carbocycles. The van der Waals surface area contributed by atoms with Crippen LogP contribution in [0, 0.1) is 0 Å². The zero-order valence-electron chi connectivity index (χ0n) is 9.63. The molecule has 2 atom stereocenters. The van der Waals surface area contributed by atoms with Gasteiger partial charge in [0, 0.05) is 42.9 Å². The average molecular weight is 241 g/mol. The van der Waals surface area contributed by atoms with E-state index in [0.717, 1.165) is 36.9 Å². The van der Waals surface area contributed by atoms with Crippen LogP contribution in [0.3, 0.4) is 0 Å². The number of thioether (sulfide) groups is 1. The summed E-state index contributed by atoms with van der Waals surface area (Å²) in [6.45, 7) is 3.89. The smallest absolute Gasteiger partial charge is 0.110 e. The van der Waals surface area contributed by atoms with Crippen LogP contribution in [0.2, 0.25) is 0 Å². The molecule has 1 aromatic rings. The van der Waals surface area contributed by atoms with Crippen molar-refractivity contribution < 1.29 is 4.74 Å². The van der Waals surface area contributed by atoms with Gasteiger partial charge in [-0.3, -0.25) is 0 Å². The van der Waals surface area contributed by atoms with Gasteiger partial charge in [0.15, 0.2) is 0 Å². The van der Waals surface area contributed by atoms with Crippen LogP contribution in [0.15, 0.2) is 12.4 Å². The first-order valence-corrected chi connectivity index (χ1v) is 6.91. The summed E-state index contributed by atoms with van der Waals surface area (Å²) in [6.07, 6.45) is 4.81. The Kier molecular flexibility index (Phi) is 4.26. The van der Waals surface area contributed by atoms with Gasteiger partial charge in [-0.25, -0.2) is 4.98 Å². The highest BCUT2D eigenvalue weighted by Gasteiger charge is 2.23. The molecule has 16 heavy (non-hydrogen) atoms. The lowest BCUT2D eigenvalue weighted by molar-refractivity contribution is 0.0565. The van der Waals surface area contributed by atoms with Gasteiger partial charge in [-0.15, -0.1) is 0 Å². The predicted octanol–water partition coefficient (Wildman–Crippen LogP) is 0.905. The summed E-state index contributed by atoms with van der Waals surface area (Å²) in [5.41, 5.74) is 6.17. The zero-order valence-corrected chi connectivity index (χ0v) is 10.4. The van der Waals surface area contributed by atoms with Crippen molar-refractivity contribution in [2.75, 3.05) is 18.1 Å². The van der Waals surface area contributed by atoms with Crippen LogP contribution in [0.25, 0.3) is 0 Å². The Morgan fingerprint density at radius 1 is 1.75 bits per heavy atom. The van der Waals surface area contributed by atoms with Gasteiger partial charge in [0.05, 0.1) is 12.7 Å². The number of ether oxygens (including phenoxy) is 1. The summed E-state index contributed by atoms with van der Waals surface area (Å²) < 4.78 is 7.81. The highest BCUT2D eigenvalue weighted by atomic mass is 32.2. The lowest BCUT2D eigenvalue weighted by Crippen LogP contribution is -2.43. The molecule has 2 heterocycles. The number of aromatic nitrogens is 2. The second-order valence-corrected chi connectivity index (χ2v) is 5.13. The highest BCUT2D eigenvalue weighted by molar-refractivity contribution is 7.99. The number of aryl methyl sites for hydroxylation is 1. The Morgan fingerprint density at radius 2 is 2.62 bits per heavy atom. The lowest BCUT2D eigenvalue weighted by Gasteiger charge is -2.27. The maximum Gasteiger partial charge on any atom is 0.110 e. The van der Waals surface area contributed by atoms with E-state index in [1.54, 1.807) is 0 Å². The molecule has 1 fully saturated rings. The molecule has 90 valence electrons. The Bertz CT molecular complexity index is 323. The summed E-state index contributed by atoms with van der Waals surface area (Å²) in [6, 6.07) is 0.0560. The summed E-state index contributed by atoms with van der Waals surface area (Å²) in [5.74, 6) is 3.16. The van der Waals surface area contributed by atoms with Crippen molar-refractivity contribution in [3.8, 4) is 0 Å². The van der Waals surface area contributed by atoms with Gasteiger partial charge < -0.3 is 15.0 Å². The first-order chi connectivity index (χ1) is 7.81. The van der Waals surface area contributed by atoms with Gasteiger partial charge in [0.25, 0.3) is 0 Å². The molecule has 1 saturated heterocycles. The fraction of sp³-hybridized carbons (Fsp3) is 0.727. The van der Waals surface area contributed by atoms with Crippen molar-refractivity contribution in [1.82, 2.24) is 9.55 Å². The van der Waals surface area contributed by atoms with Crippen LogP contribution < -0.4 is 5.73 Å². The van der Waals surface area contributed by atoms with Crippen molar-refractivity contribution in [3.05, 3.63) is 18.2 Å². The molecule has 0 spiro atoms. The molecule has 4 nitrogen and oxygen atoms in total. The van der Waals surface area contributed by atoms with Crippen LogP contribution in [-0.4, -0.2) is 39.8 Å². The maximum absolute atomic E-state index is 6.17. The Hall–Kier alpha value is -0.520. The minimum Gasteiger partial charge on any atom is -0.375 e.